The molecule has 2 rings (SSSR count). The van der Waals surface area contributed by atoms with Crippen molar-refractivity contribution in [2.24, 2.45) is 7.05 Å². The van der Waals surface area contributed by atoms with Crippen molar-refractivity contribution in [3.05, 3.63) is 45.9 Å². The SMILES string of the molecule is CCCNC(Cc1cn(C)nn1)c1cccc(F)c1Br. The fourth-order valence-corrected chi connectivity index (χ4v) is 2.64. The van der Waals surface area contributed by atoms with Crippen LogP contribution >= 0.6 is 15.9 Å². The van der Waals surface area contributed by atoms with Crippen LogP contribution < -0.4 is 5.32 Å². The summed E-state index contributed by atoms with van der Waals surface area (Å²) in [7, 11) is 1.84. The lowest BCUT2D eigenvalue weighted by molar-refractivity contribution is 0.516. The summed E-state index contributed by atoms with van der Waals surface area (Å²) >= 11 is 3.34. The molecule has 0 amide bonds. The van der Waals surface area contributed by atoms with Crippen molar-refractivity contribution in [3.63, 3.8) is 0 Å². The molecule has 1 unspecified atom stereocenters. The van der Waals surface area contributed by atoms with E-state index >= 15 is 0 Å². The first-order valence-electron chi connectivity index (χ1n) is 6.64. The summed E-state index contributed by atoms with van der Waals surface area (Å²) in [5.74, 6) is -0.245. The summed E-state index contributed by atoms with van der Waals surface area (Å²) in [6, 6.07) is 5.12. The van der Waals surface area contributed by atoms with Gasteiger partial charge in [-0.1, -0.05) is 24.3 Å². The van der Waals surface area contributed by atoms with E-state index in [2.05, 4.69) is 38.5 Å². The number of nitrogens with zero attached hydrogens (tertiary/aromatic N) is 3. The number of halogens is 2. The Bertz CT molecular complexity index is 570. The largest absolute Gasteiger partial charge is 0.310 e. The lowest BCUT2D eigenvalue weighted by atomic mass is 10.0. The Balaban J connectivity index is 2.24. The zero-order chi connectivity index (χ0) is 14.5. The molecule has 108 valence electrons. The number of aryl methyl sites for hydroxylation is 1. The molecular formula is C14H18BrFN4. The van der Waals surface area contributed by atoms with Crippen molar-refractivity contribution in [1.29, 1.82) is 0 Å². The van der Waals surface area contributed by atoms with E-state index < -0.39 is 0 Å². The van der Waals surface area contributed by atoms with E-state index in [1.807, 2.05) is 19.3 Å². The van der Waals surface area contributed by atoms with Crippen LogP contribution in [0.1, 0.15) is 30.6 Å². The van der Waals surface area contributed by atoms with Crippen LogP contribution in [0.2, 0.25) is 0 Å². The number of benzene rings is 1. The zero-order valence-corrected chi connectivity index (χ0v) is 13.2. The van der Waals surface area contributed by atoms with E-state index in [4.69, 9.17) is 0 Å². The van der Waals surface area contributed by atoms with E-state index in [9.17, 15) is 4.39 Å². The van der Waals surface area contributed by atoms with Gasteiger partial charge in [-0.05, 0) is 40.5 Å². The van der Waals surface area contributed by atoms with Crippen LogP contribution in [0.5, 0.6) is 0 Å². The number of nitrogens with one attached hydrogen (secondary N) is 1. The molecule has 1 aromatic carbocycles. The highest BCUT2D eigenvalue weighted by Gasteiger charge is 2.18. The summed E-state index contributed by atoms with van der Waals surface area (Å²) in [5, 5.41) is 11.5. The van der Waals surface area contributed by atoms with Gasteiger partial charge in [-0.15, -0.1) is 5.10 Å². The third kappa shape index (κ3) is 3.64. The maximum atomic E-state index is 13.7. The minimum absolute atomic E-state index is 0.0109. The number of hydrogen-bond acceptors (Lipinski definition) is 3. The smallest absolute Gasteiger partial charge is 0.137 e. The molecule has 0 bridgehead atoms. The van der Waals surface area contributed by atoms with Crippen LogP contribution in [0, 0.1) is 5.82 Å². The average Bonchev–Trinajstić information content (AvgIpc) is 2.83. The van der Waals surface area contributed by atoms with Gasteiger partial charge in [0.2, 0.25) is 0 Å². The fourth-order valence-electron chi connectivity index (χ4n) is 2.10. The van der Waals surface area contributed by atoms with Crippen molar-refractivity contribution in [1.82, 2.24) is 20.3 Å². The Morgan fingerprint density at radius 1 is 1.45 bits per heavy atom. The zero-order valence-electron chi connectivity index (χ0n) is 11.6. The van der Waals surface area contributed by atoms with E-state index in [1.54, 1.807) is 10.7 Å². The van der Waals surface area contributed by atoms with Gasteiger partial charge in [0.25, 0.3) is 0 Å². The molecule has 4 nitrogen and oxygen atoms in total. The Morgan fingerprint density at radius 2 is 2.25 bits per heavy atom. The van der Waals surface area contributed by atoms with Crippen LogP contribution in [0.15, 0.2) is 28.9 Å². The Morgan fingerprint density at radius 3 is 2.90 bits per heavy atom. The number of rotatable bonds is 6. The van der Waals surface area contributed by atoms with Gasteiger partial charge >= 0.3 is 0 Å². The molecule has 20 heavy (non-hydrogen) atoms. The van der Waals surface area contributed by atoms with E-state index in [-0.39, 0.29) is 11.9 Å². The van der Waals surface area contributed by atoms with Crippen molar-refractivity contribution in [2.45, 2.75) is 25.8 Å². The van der Waals surface area contributed by atoms with Gasteiger partial charge < -0.3 is 5.32 Å². The number of hydrogen-bond donors (Lipinski definition) is 1. The summed E-state index contributed by atoms with van der Waals surface area (Å²) in [4.78, 5) is 0. The summed E-state index contributed by atoms with van der Waals surface area (Å²) in [5.41, 5.74) is 1.79. The first kappa shape index (κ1) is 15.1. The van der Waals surface area contributed by atoms with Crippen LogP contribution in [0.25, 0.3) is 0 Å². The minimum atomic E-state index is -0.245. The van der Waals surface area contributed by atoms with Crippen molar-refractivity contribution < 1.29 is 4.39 Å². The van der Waals surface area contributed by atoms with Gasteiger partial charge in [0.1, 0.15) is 5.82 Å². The fraction of sp³-hybridized carbons (Fsp3) is 0.429. The topological polar surface area (TPSA) is 42.7 Å². The second-order valence-electron chi connectivity index (χ2n) is 4.74. The molecule has 0 aliphatic carbocycles. The van der Waals surface area contributed by atoms with Crippen LogP contribution in [-0.4, -0.2) is 21.5 Å². The van der Waals surface area contributed by atoms with Gasteiger partial charge in [-0.25, -0.2) is 4.39 Å². The molecule has 6 heteroatoms. The number of aromatic nitrogens is 3. The van der Waals surface area contributed by atoms with E-state index in [1.165, 1.54) is 6.07 Å². The molecule has 0 spiro atoms. The third-order valence-electron chi connectivity index (χ3n) is 3.06. The highest BCUT2D eigenvalue weighted by Crippen LogP contribution is 2.28. The molecule has 0 saturated carbocycles. The molecule has 0 fully saturated rings. The molecular weight excluding hydrogens is 323 g/mol. The molecule has 0 aliphatic rings. The predicted octanol–water partition coefficient (Wildman–Crippen LogP) is 3.00. The maximum Gasteiger partial charge on any atom is 0.137 e. The molecule has 1 aromatic heterocycles. The molecule has 2 aromatic rings. The van der Waals surface area contributed by atoms with E-state index in [0.717, 1.165) is 24.2 Å². The Hall–Kier alpha value is -1.27. The standard InChI is InChI=1S/C14H18BrFN4/c1-3-7-17-13(8-10-9-20(2)19-18-10)11-5-4-6-12(16)14(11)15/h4-6,9,13,17H,3,7-8H2,1-2H3. The quantitative estimate of drug-likeness (QED) is 0.878. The highest BCUT2D eigenvalue weighted by atomic mass is 79.9. The van der Waals surface area contributed by atoms with Gasteiger partial charge in [-0.2, -0.15) is 0 Å². The molecule has 0 radical (unpaired) electrons. The van der Waals surface area contributed by atoms with Crippen LogP contribution in [0.4, 0.5) is 4.39 Å². The van der Waals surface area contributed by atoms with E-state index in [0.29, 0.717) is 10.9 Å². The van der Waals surface area contributed by atoms with Crippen molar-refractivity contribution in [3.8, 4) is 0 Å². The maximum absolute atomic E-state index is 13.7. The lowest BCUT2D eigenvalue weighted by Gasteiger charge is -2.19. The van der Waals surface area contributed by atoms with Crippen molar-refractivity contribution in [2.75, 3.05) is 6.54 Å². The molecule has 0 saturated heterocycles. The van der Waals surface area contributed by atoms with Crippen LogP contribution in [0.3, 0.4) is 0 Å². The molecule has 1 N–H and O–H groups in total. The van der Waals surface area contributed by atoms with Crippen molar-refractivity contribution >= 4 is 15.9 Å². The average molecular weight is 341 g/mol. The van der Waals surface area contributed by atoms with Gasteiger partial charge in [0.15, 0.2) is 0 Å². The first-order chi connectivity index (χ1) is 9.61. The molecule has 1 heterocycles. The predicted molar refractivity (Wildman–Crippen MR) is 79.8 cm³/mol. The Labute approximate surface area is 126 Å². The minimum Gasteiger partial charge on any atom is -0.310 e. The monoisotopic (exact) mass is 340 g/mol. The highest BCUT2D eigenvalue weighted by molar-refractivity contribution is 9.10. The second-order valence-corrected chi connectivity index (χ2v) is 5.53. The summed E-state index contributed by atoms with van der Waals surface area (Å²) in [6.07, 6.45) is 3.58. The normalized spacial score (nSPS) is 12.6. The molecule has 1 atom stereocenters. The first-order valence-corrected chi connectivity index (χ1v) is 7.43. The summed E-state index contributed by atoms with van der Waals surface area (Å²) < 4.78 is 15.9. The van der Waals surface area contributed by atoms with Gasteiger partial charge in [0.05, 0.1) is 10.2 Å². The lowest BCUT2D eigenvalue weighted by Crippen LogP contribution is -2.24. The summed E-state index contributed by atoms with van der Waals surface area (Å²) in [6.45, 7) is 2.97. The van der Waals surface area contributed by atoms with Crippen LogP contribution in [-0.2, 0) is 13.5 Å². The van der Waals surface area contributed by atoms with Gasteiger partial charge in [-0.3, -0.25) is 4.68 Å². The second kappa shape index (κ2) is 6.95. The molecule has 0 aliphatic heterocycles. The third-order valence-corrected chi connectivity index (χ3v) is 3.90. The Kier molecular flexibility index (Phi) is 5.25. The van der Waals surface area contributed by atoms with Gasteiger partial charge in [0, 0.05) is 25.7 Å².